The smallest absolute Gasteiger partial charge is 0.153 e. The summed E-state index contributed by atoms with van der Waals surface area (Å²) in [7, 11) is 0. The van der Waals surface area contributed by atoms with Crippen molar-refractivity contribution in [3.8, 4) is 12.3 Å². The zero-order valence-corrected chi connectivity index (χ0v) is 7.72. The molecule has 15 heavy (non-hydrogen) atoms. The van der Waals surface area contributed by atoms with Crippen molar-refractivity contribution in [2.45, 2.75) is 0 Å². The van der Waals surface area contributed by atoms with E-state index in [1.807, 2.05) is 0 Å². The number of terminal acetylenes is 1. The molecular formula is C12H7F2N. The van der Waals surface area contributed by atoms with E-state index in [1.165, 1.54) is 18.2 Å². The lowest BCUT2D eigenvalue weighted by Gasteiger charge is -2.05. The number of benzene rings is 2. The molecule has 0 aliphatic heterocycles. The summed E-state index contributed by atoms with van der Waals surface area (Å²) >= 11 is 0. The minimum Gasteiger partial charge on any atom is -0.396 e. The number of nitrogens with two attached hydrogens (primary N) is 1. The molecule has 0 heterocycles. The van der Waals surface area contributed by atoms with Crippen LogP contribution in [0.4, 0.5) is 14.5 Å². The normalized spacial score (nSPS) is 10.2. The summed E-state index contributed by atoms with van der Waals surface area (Å²) in [6.07, 6.45) is 5.16. The van der Waals surface area contributed by atoms with Gasteiger partial charge >= 0.3 is 0 Å². The fourth-order valence-corrected chi connectivity index (χ4v) is 1.51. The Balaban J connectivity index is 2.98. The molecule has 74 valence electrons. The van der Waals surface area contributed by atoms with E-state index >= 15 is 0 Å². The van der Waals surface area contributed by atoms with Crippen molar-refractivity contribution in [2.24, 2.45) is 0 Å². The van der Waals surface area contributed by atoms with Gasteiger partial charge in [-0.2, -0.15) is 0 Å². The van der Waals surface area contributed by atoms with Crippen LogP contribution in [-0.4, -0.2) is 0 Å². The van der Waals surface area contributed by atoms with Crippen molar-refractivity contribution < 1.29 is 8.78 Å². The Morgan fingerprint density at radius 3 is 2.40 bits per heavy atom. The van der Waals surface area contributed by atoms with Crippen LogP contribution >= 0.6 is 0 Å². The molecule has 1 nitrogen and oxygen atoms in total. The minimum atomic E-state index is -0.566. The first kappa shape index (κ1) is 9.47. The first-order valence-electron chi connectivity index (χ1n) is 4.28. The van der Waals surface area contributed by atoms with Gasteiger partial charge in [-0.25, -0.2) is 8.78 Å². The number of nitrogen functional groups attached to an aromatic ring is 1. The second-order valence-corrected chi connectivity index (χ2v) is 3.13. The third-order valence-electron chi connectivity index (χ3n) is 2.26. The molecule has 0 radical (unpaired) electrons. The number of rotatable bonds is 0. The Hall–Kier alpha value is -2.08. The molecule has 0 bridgehead atoms. The van der Waals surface area contributed by atoms with Crippen LogP contribution < -0.4 is 5.73 Å². The fraction of sp³-hybridized carbons (Fsp3) is 0. The molecule has 0 spiro atoms. The zero-order valence-electron chi connectivity index (χ0n) is 7.72. The van der Waals surface area contributed by atoms with Crippen molar-refractivity contribution in [3.05, 3.63) is 41.5 Å². The summed E-state index contributed by atoms with van der Waals surface area (Å²) < 4.78 is 26.8. The fourth-order valence-electron chi connectivity index (χ4n) is 1.51. The summed E-state index contributed by atoms with van der Waals surface area (Å²) in [4.78, 5) is 0. The van der Waals surface area contributed by atoms with Crippen LogP contribution in [0.15, 0.2) is 24.3 Å². The number of anilines is 1. The average molecular weight is 203 g/mol. The number of hydrogen-bond donors (Lipinski definition) is 1. The second kappa shape index (κ2) is 3.25. The third kappa shape index (κ3) is 1.31. The molecule has 0 aliphatic rings. The van der Waals surface area contributed by atoms with E-state index in [0.29, 0.717) is 5.39 Å². The van der Waals surface area contributed by atoms with Crippen molar-refractivity contribution in [3.63, 3.8) is 0 Å². The van der Waals surface area contributed by atoms with Crippen LogP contribution in [0.2, 0.25) is 0 Å². The lowest BCUT2D eigenvalue weighted by atomic mass is 10.0. The Morgan fingerprint density at radius 2 is 1.73 bits per heavy atom. The molecule has 0 aromatic heterocycles. The van der Waals surface area contributed by atoms with Crippen molar-refractivity contribution in [2.75, 3.05) is 5.73 Å². The number of halogens is 2. The molecule has 0 aliphatic carbocycles. The SMILES string of the molecule is C#Cc1c(F)ccc2c(F)c(N)ccc12. The zero-order chi connectivity index (χ0) is 11.0. The molecule has 0 unspecified atom stereocenters. The van der Waals surface area contributed by atoms with E-state index in [2.05, 4.69) is 5.92 Å². The maximum absolute atomic E-state index is 13.5. The van der Waals surface area contributed by atoms with Gasteiger partial charge in [0.05, 0.1) is 11.3 Å². The van der Waals surface area contributed by atoms with Crippen molar-refractivity contribution in [1.29, 1.82) is 0 Å². The summed E-state index contributed by atoms with van der Waals surface area (Å²) in [6, 6.07) is 5.36. The number of fused-ring (bicyclic) bond motifs is 1. The lowest BCUT2D eigenvalue weighted by Crippen LogP contribution is -1.94. The molecule has 2 aromatic carbocycles. The van der Waals surface area contributed by atoms with Gasteiger partial charge in [-0.05, 0) is 18.2 Å². The standard InChI is InChI=1S/C12H7F2N/c1-2-7-8-4-6-11(15)12(14)9(8)3-5-10(7)13/h1,3-6H,15H2. The highest BCUT2D eigenvalue weighted by molar-refractivity contribution is 5.91. The van der Waals surface area contributed by atoms with E-state index in [1.54, 1.807) is 0 Å². The molecule has 2 aromatic rings. The molecule has 0 fully saturated rings. The topological polar surface area (TPSA) is 26.0 Å². The van der Waals surface area contributed by atoms with Gasteiger partial charge in [0.1, 0.15) is 5.82 Å². The highest BCUT2D eigenvalue weighted by Crippen LogP contribution is 2.26. The molecule has 2 rings (SSSR count). The van der Waals surface area contributed by atoms with Gasteiger partial charge < -0.3 is 5.73 Å². The molecule has 3 heteroatoms. The predicted octanol–water partition coefficient (Wildman–Crippen LogP) is 2.68. The first-order chi connectivity index (χ1) is 7.15. The Bertz CT molecular complexity index is 582. The van der Waals surface area contributed by atoms with Gasteiger partial charge in [-0.1, -0.05) is 12.0 Å². The monoisotopic (exact) mass is 203 g/mol. The molecule has 0 atom stereocenters. The Morgan fingerprint density at radius 1 is 1.07 bits per heavy atom. The lowest BCUT2D eigenvalue weighted by molar-refractivity contribution is 0.624. The summed E-state index contributed by atoms with van der Waals surface area (Å²) in [5.41, 5.74) is 5.48. The predicted molar refractivity (Wildman–Crippen MR) is 56.2 cm³/mol. The van der Waals surface area contributed by atoms with Crippen LogP contribution in [0.3, 0.4) is 0 Å². The van der Waals surface area contributed by atoms with Gasteiger partial charge in [0.15, 0.2) is 5.82 Å². The van der Waals surface area contributed by atoms with Gasteiger partial charge in [0, 0.05) is 10.8 Å². The Labute approximate surface area is 85.5 Å². The van der Waals surface area contributed by atoms with Gasteiger partial charge in [0.2, 0.25) is 0 Å². The van der Waals surface area contributed by atoms with E-state index in [9.17, 15) is 8.78 Å². The molecular weight excluding hydrogens is 196 g/mol. The van der Waals surface area contributed by atoms with Crippen LogP contribution in [0.25, 0.3) is 10.8 Å². The molecule has 0 saturated heterocycles. The van der Waals surface area contributed by atoms with E-state index < -0.39 is 11.6 Å². The molecule has 0 saturated carbocycles. The maximum Gasteiger partial charge on any atom is 0.153 e. The molecule has 0 amide bonds. The maximum atomic E-state index is 13.5. The highest BCUT2D eigenvalue weighted by atomic mass is 19.1. The Kier molecular flexibility index (Phi) is 2.05. The average Bonchev–Trinajstić information content (AvgIpc) is 2.23. The van der Waals surface area contributed by atoms with Crippen LogP contribution in [-0.2, 0) is 0 Å². The van der Waals surface area contributed by atoms with E-state index in [0.717, 1.165) is 6.07 Å². The summed E-state index contributed by atoms with van der Waals surface area (Å²) in [5.74, 6) is 1.10. The van der Waals surface area contributed by atoms with Crippen LogP contribution in [0.5, 0.6) is 0 Å². The van der Waals surface area contributed by atoms with Gasteiger partial charge in [0.25, 0.3) is 0 Å². The van der Waals surface area contributed by atoms with E-state index in [-0.39, 0.29) is 16.6 Å². The number of hydrogen-bond acceptors (Lipinski definition) is 1. The van der Waals surface area contributed by atoms with Crippen molar-refractivity contribution >= 4 is 16.5 Å². The largest absolute Gasteiger partial charge is 0.396 e. The quantitative estimate of drug-likeness (QED) is 0.517. The van der Waals surface area contributed by atoms with Crippen LogP contribution in [0, 0.1) is 24.0 Å². The highest BCUT2D eigenvalue weighted by Gasteiger charge is 2.10. The first-order valence-corrected chi connectivity index (χ1v) is 4.28. The second-order valence-electron chi connectivity index (χ2n) is 3.13. The van der Waals surface area contributed by atoms with Crippen molar-refractivity contribution in [1.82, 2.24) is 0 Å². The summed E-state index contributed by atoms with van der Waals surface area (Å²) in [5, 5.41) is 0.605. The minimum absolute atomic E-state index is 0.0251. The van der Waals surface area contributed by atoms with E-state index in [4.69, 9.17) is 12.2 Å². The third-order valence-corrected chi connectivity index (χ3v) is 2.26. The molecule has 2 N–H and O–H groups in total. The van der Waals surface area contributed by atoms with Gasteiger partial charge in [-0.15, -0.1) is 6.42 Å². The summed E-state index contributed by atoms with van der Waals surface area (Å²) in [6.45, 7) is 0. The van der Waals surface area contributed by atoms with Crippen LogP contribution in [0.1, 0.15) is 5.56 Å². The van der Waals surface area contributed by atoms with Gasteiger partial charge in [-0.3, -0.25) is 0 Å².